The molecule has 6 nitrogen and oxygen atoms in total. The number of nitrogens with one attached hydrogen (secondary N) is 2. The van der Waals surface area contributed by atoms with Crippen molar-refractivity contribution in [3.8, 4) is 0 Å². The van der Waals surface area contributed by atoms with Gasteiger partial charge in [-0.05, 0) is 12.5 Å². The Bertz CT molecular complexity index is 648. The number of hydrogen-bond donors (Lipinski definition) is 2. The van der Waals surface area contributed by atoms with E-state index in [0.29, 0.717) is 10.5 Å². The SMILES string of the molecule is CC(=O)N[C@@]1(C(F)(F)F)NC(=O)N([C@@H](C)c2ccccc2)C1=O. The number of imide groups is 1. The van der Waals surface area contributed by atoms with E-state index in [1.165, 1.54) is 12.2 Å². The number of hydrogen-bond acceptors (Lipinski definition) is 3. The maximum Gasteiger partial charge on any atom is 0.440 e. The predicted molar refractivity (Wildman–Crippen MR) is 72.8 cm³/mol. The molecule has 1 aliphatic rings. The van der Waals surface area contributed by atoms with Crippen molar-refractivity contribution in [3.05, 3.63) is 35.9 Å². The molecule has 0 saturated carbocycles. The largest absolute Gasteiger partial charge is 0.440 e. The van der Waals surface area contributed by atoms with Crippen molar-refractivity contribution in [2.45, 2.75) is 31.7 Å². The standard InChI is InChI=1S/C14H14F3N3O3/c1-8(10-6-4-3-5-7-10)20-11(22)13(14(15,16)17,18-9(2)21)19-12(20)23/h3-8H,1-2H3,(H,18,21)(H,19,23)/t8-,13+/m0/s1. The van der Waals surface area contributed by atoms with Crippen LogP contribution in [-0.4, -0.2) is 34.6 Å². The summed E-state index contributed by atoms with van der Waals surface area (Å²) in [7, 11) is 0. The minimum atomic E-state index is -5.18. The zero-order valence-electron chi connectivity index (χ0n) is 12.3. The van der Waals surface area contributed by atoms with Crippen LogP contribution in [0.15, 0.2) is 30.3 Å². The Hall–Kier alpha value is -2.58. The van der Waals surface area contributed by atoms with Crippen LogP contribution in [0.25, 0.3) is 0 Å². The first-order valence-electron chi connectivity index (χ1n) is 6.66. The zero-order valence-corrected chi connectivity index (χ0v) is 12.3. The van der Waals surface area contributed by atoms with Crippen LogP contribution < -0.4 is 10.6 Å². The van der Waals surface area contributed by atoms with E-state index in [1.807, 2.05) is 0 Å². The Balaban J connectivity index is 2.44. The molecular weight excluding hydrogens is 315 g/mol. The maximum absolute atomic E-state index is 13.4. The van der Waals surface area contributed by atoms with Crippen LogP contribution in [0, 0.1) is 0 Å². The minimum Gasteiger partial charge on any atom is -0.318 e. The Morgan fingerprint density at radius 2 is 1.83 bits per heavy atom. The van der Waals surface area contributed by atoms with Gasteiger partial charge in [0.1, 0.15) is 0 Å². The second-order valence-electron chi connectivity index (χ2n) is 5.12. The molecule has 2 atom stereocenters. The fraction of sp³-hybridized carbons (Fsp3) is 0.357. The summed E-state index contributed by atoms with van der Waals surface area (Å²) in [6.45, 7) is 2.25. The maximum atomic E-state index is 13.4. The van der Waals surface area contributed by atoms with Gasteiger partial charge in [-0.2, -0.15) is 13.2 Å². The van der Waals surface area contributed by atoms with Gasteiger partial charge in [-0.3, -0.25) is 19.8 Å². The Labute approximate surface area is 129 Å². The first-order valence-corrected chi connectivity index (χ1v) is 6.66. The monoisotopic (exact) mass is 329 g/mol. The average molecular weight is 329 g/mol. The molecule has 0 bridgehead atoms. The van der Waals surface area contributed by atoms with Gasteiger partial charge >= 0.3 is 12.2 Å². The molecule has 9 heteroatoms. The molecule has 1 aromatic carbocycles. The molecule has 1 aliphatic heterocycles. The summed E-state index contributed by atoms with van der Waals surface area (Å²) in [4.78, 5) is 35.9. The Morgan fingerprint density at radius 1 is 1.26 bits per heavy atom. The quantitative estimate of drug-likeness (QED) is 0.829. The summed E-state index contributed by atoms with van der Waals surface area (Å²) >= 11 is 0. The lowest BCUT2D eigenvalue weighted by Gasteiger charge is -2.30. The highest BCUT2D eigenvalue weighted by Crippen LogP contribution is 2.36. The summed E-state index contributed by atoms with van der Waals surface area (Å²) < 4.78 is 40.1. The third-order valence-corrected chi connectivity index (χ3v) is 3.51. The predicted octanol–water partition coefficient (Wildman–Crippen LogP) is 1.69. The average Bonchev–Trinajstić information content (AvgIpc) is 2.70. The van der Waals surface area contributed by atoms with E-state index in [1.54, 1.807) is 35.6 Å². The lowest BCUT2D eigenvalue weighted by molar-refractivity contribution is -0.204. The minimum absolute atomic E-state index is 0.457. The molecular formula is C14H14F3N3O3. The fourth-order valence-electron chi connectivity index (χ4n) is 2.39. The van der Waals surface area contributed by atoms with Crippen molar-refractivity contribution in [2.24, 2.45) is 0 Å². The Kier molecular flexibility index (Phi) is 4.06. The van der Waals surface area contributed by atoms with Gasteiger partial charge in [-0.1, -0.05) is 30.3 Å². The molecule has 0 radical (unpaired) electrons. The fourth-order valence-corrected chi connectivity index (χ4v) is 2.39. The number of carbonyl (C=O) groups excluding carboxylic acids is 3. The lowest BCUT2D eigenvalue weighted by Crippen LogP contribution is -2.69. The molecule has 0 spiro atoms. The van der Waals surface area contributed by atoms with Crippen LogP contribution in [0.1, 0.15) is 25.5 Å². The van der Waals surface area contributed by atoms with Gasteiger partial charge in [0.05, 0.1) is 6.04 Å². The van der Waals surface area contributed by atoms with Gasteiger partial charge in [0, 0.05) is 6.92 Å². The second kappa shape index (κ2) is 5.56. The molecule has 0 aromatic heterocycles. The van der Waals surface area contributed by atoms with Crippen LogP contribution in [0.5, 0.6) is 0 Å². The van der Waals surface area contributed by atoms with Crippen molar-refractivity contribution in [1.82, 2.24) is 15.5 Å². The molecule has 0 unspecified atom stereocenters. The van der Waals surface area contributed by atoms with Gasteiger partial charge in [0.15, 0.2) is 0 Å². The van der Waals surface area contributed by atoms with Crippen LogP contribution in [0.4, 0.5) is 18.0 Å². The van der Waals surface area contributed by atoms with E-state index < -0.39 is 35.7 Å². The van der Waals surface area contributed by atoms with Crippen LogP contribution >= 0.6 is 0 Å². The first-order chi connectivity index (χ1) is 10.6. The first kappa shape index (κ1) is 16.8. The van der Waals surface area contributed by atoms with Crippen molar-refractivity contribution >= 4 is 17.8 Å². The number of carbonyl (C=O) groups is 3. The summed E-state index contributed by atoms with van der Waals surface area (Å²) in [5, 5.41) is 3.09. The van der Waals surface area contributed by atoms with Crippen LogP contribution in [0.2, 0.25) is 0 Å². The molecule has 2 N–H and O–H groups in total. The van der Waals surface area contributed by atoms with Gasteiger partial charge < -0.3 is 5.32 Å². The van der Waals surface area contributed by atoms with Gasteiger partial charge in [-0.15, -0.1) is 0 Å². The molecule has 23 heavy (non-hydrogen) atoms. The number of rotatable bonds is 3. The zero-order chi connectivity index (χ0) is 17.4. The van der Waals surface area contributed by atoms with Crippen molar-refractivity contribution in [1.29, 1.82) is 0 Å². The number of urea groups is 1. The lowest BCUT2D eigenvalue weighted by atomic mass is 10.1. The van der Waals surface area contributed by atoms with Crippen molar-refractivity contribution in [3.63, 3.8) is 0 Å². The van der Waals surface area contributed by atoms with E-state index in [2.05, 4.69) is 0 Å². The van der Waals surface area contributed by atoms with Crippen LogP contribution in [0.3, 0.4) is 0 Å². The molecule has 4 amide bonds. The molecule has 0 aliphatic carbocycles. The molecule has 1 aromatic rings. The third-order valence-electron chi connectivity index (χ3n) is 3.51. The number of alkyl halides is 3. The Morgan fingerprint density at radius 3 is 2.30 bits per heavy atom. The van der Waals surface area contributed by atoms with Gasteiger partial charge in [0.2, 0.25) is 5.91 Å². The van der Waals surface area contributed by atoms with E-state index in [4.69, 9.17) is 0 Å². The van der Waals surface area contributed by atoms with Crippen LogP contribution in [-0.2, 0) is 9.59 Å². The highest BCUT2D eigenvalue weighted by molar-refractivity contribution is 6.09. The van der Waals surface area contributed by atoms with Gasteiger partial charge in [0.25, 0.3) is 11.6 Å². The molecule has 2 rings (SSSR count). The highest BCUT2D eigenvalue weighted by Gasteiger charge is 2.69. The summed E-state index contributed by atoms with van der Waals surface area (Å²) in [5.41, 5.74) is -2.96. The van der Waals surface area contributed by atoms with E-state index in [9.17, 15) is 27.6 Å². The number of halogens is 3. The molecule has 1 heterocycles. The molecule has 1 saturated heterocycles. The normalized spacial score (nSPS) is 22.7. The van der Waals surface area contributed by atoms with Gasteiger partial charge in [-0.25, -0.2) is 4.79 Å². The number of amides is 4. The number of benzene rings is 1. The summed E-state index contributed by atoms with van der Waals surface area (Å²) in [6.07, 6.45) is -5.18. The van der Waals surface area contributed by atoms with E-state index in [0.717, 1.165) is 6.92 Å². The second-order valence-corrected chi connectivity index (χ2v) is 5.12. The highest BCUT2D eigenvalue weighted by atomic mass is 19.4. The molecule has 124 valence electrons. The third kappa shape index (κ3) is 2.73. The summed E-state index contributed by atoms with van der Waals surface area (Å²) in [6, 6.07) is 5.97. The van der Waals surface area contributed by atoms with E-state index in [-0.39, 0.29) is 0 Å². The van der Waals surface area contributed by atoms with E-state index >= 15 is 0 Å². The molecule has 1 fully saturated rings. The number of nitrogens with zero attached hydrogens (tertiary/aromatic N) is 1. The summed E-state index contributed by atoms with van der Waals surface area (Å²) in [5.74, 6) is -2.66. The van der Waals surface area contributed by atoms with Crippen molar-refractivity contribution < 1.29 is 27.6 Å². The topological polar surface area (TPSA) is 78.5 Å². The van der Waals surface area contributed by atoms with Crippen molar-refractivity contribution in [2.75, 3.05) is 0 Å². The smallest absolute Gasteiger partial charge is 0.318 e.